The number of hydrogen-bond acceptors (Lipinski definition) is 2. The van der Waals surface area contributed by atoms with Crippen molar-refractivity contribution in [3.8, 4) is 0 Å². The molecule has 1 aliphatic rings. The molecule has 0 fully saturated rings. The third kappa shape index (κ3) is 2.94. The molecule has 0 radical (unpaired) electrons. The van der Waals surface area contributed by atoms with Crippen molar-refractivity contribution < 1.29 is 0 Å². The largest absolute Gasteiger partial charge is 0.367 e. The van der Waals surface area contributed by atoms with Crippen LogP contribution in [0, 0.1) is 0 Å². The number of anilines is 1. The highest BCUT2D eigenvalue weighted by molar-refractivity contribution is 5.50. The van der Waals surface area contributed by atoms with Crippen LogP contribution in [0.15, 0.2) is 35.9 Å². The lowest BCUT2D eigenvalue weighted by Gasteiger charge is -2.28. The second kappa shape index (κ2) is 6.05. The summed E-state index contributed by atoms with van der Waals surface area (Å²) in [5.41, 5.74) is 4.21. The lowest BCUT2D eigenvalue weighted by atomic mass is 10.0. The fraction of sp³-hybridized carbons (Fsp3) is 0.500. The number of benzene rings is 1. The highest BCUT2D eigenvalue weighted by atomic mass is 15.1. The van der Waals surface area contributed by atoms with Crippen LogP contribution in [0.2, 0.25) is 0 Å². The van der Waals surface area contributed by atoms with Crippen LogP contribution in [0.5, 0.6) is 0 Å². The number of nitrogens with one attached hydrogen (secondary N) is 1. The first-order valence-electron chi connectivity index (χ1n) is 6.92. The minimum atomic E-state index is 0.474. The second-order valence-corrected chi connectivity index (χ2v) is 5.10. The van der Waals surface area contributed by atoms with E-state index in [0.717, 1.165) is 19.5 Å². The van der Waals surface area contributed by atoms with Gasteiger partial charge in [-0.05, 0) is 44.5 Å². The van der Waals surface area contributed by atoms with Gasteiger partial charge in [0, 0.05) is 24.8 Å². The first kappa shape index (κ1) is 13.2. The van der Waals surface area contributed by atoms with Crippen LogP contribution in [0.25, 0.3) is 0 Å². The summed E-state index contributed by atoms with van der Waals surface area (Å²) in [6, 6.07) is 9.51. The van der Waals surface area contributed by atoms with Crippen LogP contribution < -0.4 is 10.2 Å². The van der Waals surface area contributed by atoms with E-state index in [9.17, 15) is 0 Å². The normalized spacial score (nSPS) is 17.5. The van der Waals surface area contributed by atoms with Gasteiger partial charge in [0.1, 0.15) is 0 Å². The topological polar surface area (TPSA) is 15.3 Å². The van der Waals surface area contributed by atoms with E-state index in [0.29, 0.717) is 6.04 Å². The smallest absolute Gasteiger partial charge is 0.0386 e. The molecule has 1 unspecified atom stereocenters. The molecular formula is C16H24N2. The fourth-order valence-corrected chi connectivity index (χ4v) is 2.66. The van der Waals surface area contributed by atoms with Crippen LogP contribution in [0.3, 0.4) is 0 Å². The van der Waals surface area contributed by atoms with Crippen LogP contribution in [-0.4, -0.2) is 20.1 Å². The Bertz CT molecular complexity index is 402. The van der Waals surface area contributed by atoms with Gasteiger partial charge >= 0.3 is 0 Å². The number of rotatable bonds is 4. The van der Waals surface area contributed by atoms with Crippen LogP contribution in [0.4, 0.5) is 5.69 Å². The van der Waals surface area contributed by atoms with Crippen LogP contribution >= 0.6 is 0 Å². The third-order valence-electron chi connectivity index (χ3n) is 3.75. The first-order valence-corrected chi connectivity index (χ1v) is 6.92. The van der Waals surface area contributed by atoms with Crippen molar-refractivity contribution in [2.75, 3.05) is 25.0 Å². The molecule has 0 saturated carbocycles. The molecule has 0 spiro atoms. The van der Waals surface area contributed by atoms with Gasteiger partial charge in [-0.25, -0.2) is 0 Å². The zero-order chi connectivity index (χ0) is 13.0. The van der Waals surface area contributed by atoms with Gasteiger partial charge in [0.25, 0.3) is 0 Å². The summed E-state index contributed by atoms with van der Waals surface area (Å²) in [5.74, 6) is 0. The van der Waals surface area contributed by atoms with Crippen molar-refractivity contribution in [3.05, 3.63) is 41.5 Å². The quantitative estimate of drug-likeness (QED) is 0.815. The Kier molecular flexibility index (Phi) is 4.43. The molecular weight excluding hydrogens is 220 g/mol. The molecule has 0 saturated heterocycles. The maximum Gasteiger partial charge on any atom is 0.0386 e. The number of nitrogens with zero attached hydrogens (tertiary/aromatic N) is 1. The predicted octanol–water partition coefficient (Wildman–Crippen LogP) is 3.51. The van der Waals surface area contributed by atoms with E-state index in [4.69, 9.17) is 0 Å². The molecule has 0 amide bonds. The highest BCUT2D eigenvalue weighted by Crippen LogP contribution is 2.23. The minimum Gasteiger partial charge on any atom is -0.367 e. The summed E-state index contributed by atoms with van der Waals surface area (Å²) in [4.78, 5) is 2.46. The van der Waals surface area contributed by atoms with Gasteiger partial charge in [-0.3, -0.25) is 0 Å². The van der Waals surface area contributed by atoms with Gasteiger partial charge in [0.05, 0.1) is 0 Å². The Labute approximate surface area is 111 Å². The lowest BCUT2D eigenvalue weighted by Crippen LogP contribution is -2.29. The Hall–Kier alpha value is -1.28. The molecule has 0 aliphatic carbocycles. The maximum absolute atomic E-state index is 3.35. The third-order valence-corrected chi connectivity index (χ3v) is 3.75. The lowest BCUT2D eigenvalue weighted by molar-refractivity contribution is 0.577. The molecule has 1 heterocycles. The fourth-order valence-electron chi connectivity index (χ4n) is 2.66. The predicted molar refractivity (Wildman–Crippen MR) is 79.1 cm³/mol. The van der Waals surface area contributed by atoms with E-state index in [2.05, 4.69) is 54.4 Å². The van der Waals surface area contributed by atoms with Gasteiger partial charge in [0.2, 0.25) is 0 Å². The molecule has 0 aromatic heterocycles. The molecule has 1 atom stereocenters. The van der Waals surface area contributed by atoms with E-state index in [1.54, 1.807) is 0 Å². The van der Waals surface area contributed by atoms with E-state index >= 15 is 0 Å². The molecule has 1 aromatic rings. The molecule has 98 valence electrons. The molecule has 2 heteroatoms. The van der Waals surface area contributed by atoms with E-state index < -0.39 is 0 Å². The van der Waals surface area contributed by atoms with Crippen molar-refractivity contribution in [1.29, 1.82) is 0 Å². The van der Waals surface area contributed by atoms with Gasteiger partial charge in [-0.15, -0.1) is 0 Å². The van der Waals surface area contributed by atoms with Crippen LogP contribution in [-0.2, 0) is 0 Å². The Morgan fingerprint density at radius 3 is 2.56 bits per heavy atom. The van der Waals surface area contributed by atoms with E-state index in [-0.39, 0.29) is 0 Å². The molecule has 2 rings (SSSR count). The summed E-state index contributed by atoms with van der Waals surface area (Å²) in [7, 11) is 2.03. The molecule has 2 nitrogen and oxygen atoms in total. The van der Waals surface area contributed by atoms with Gasteiger partial charge in [-0.2, -0.15) is 0 Å². The van der Waals surface area contributed by atoms with Crippen molar-refractivity contribution in [2.24, 2.45) is 0 Å². The molecule has 18 heavy (non-hydrogen) atoms. The number of hydrogen-bond donors (Lipinski definition) is 1. The monoisotopic (exact) mass is 244 g/mol. The zero-order valence-electron chi connectivity index (χ0n) is 11.7. The van der Waals surface area contributed by atoms with Gasteiger partial charge in [0.15, 0.2) is 0 Å². The summed E-state index contributed by atoms with van der Waals surface area (Å²) in [6.07, 6.45) is 4.64. The van der Waals surface area contributed by atoms with Gasteiger partial charge in [-0.1, -0.05) is 30.7 Å². The van der Waals surface area contributed by atoms with Crippen molar-refractivity contribution in [2.45, 2.75) is 32.7 Å². The Morgan fingerprint density at radius 1 is 1.28 bits per heavy atom. The van der Waals surface area contributed by atoms with Crippen molar-refractivity contribution in [3.63, 3.8) is 0 Å². The van der Waals surface area contributed by atoms with E-state index in [1.807, 2.05) is 7.05 Å². The summed E-state index contributed by atoms with van der Waals surface area (Å²) in [6.45, 7) is 6.64. The molecule has 1 aromatic carbocycles. The first-order chi connectivity index (χ1) is 8.74. The van der Waals surface area contributed by atoms with Gasteiger partial charge < -0.3 is 10.2 Å². The average Bonchev–Trinajstić information content (AvgIpc) is 2.41. The summed E-state index contributed by atoms with van der Waals surface area (Å²) in [5, 5.41) is 3.35. The van der Waals surface area contributed by atoms with E-state index in [1.165, 1.54) is 23.2 Å². The summed E-state index contributed by atoms with van der Waals surface area (Å²) >= 11 is 0. The molecule has 1 aliphatic heterocycles. The Balaban J connectivity index is 2.10. The minimum absolute atomic E-state index is 0.474. The highest BCUT2D eigenvalue weighted by Gasteiger charge is 2.11. The zero-order valence-corrected chi connectivity index (χ0v) is 11.7. The SMILES string of the molecule is CCC(NC)c1ccc(N2CCC=C(C)C2)cc1. The van der Waals surface area contributed by atoms with Crippen LogP contribution in [0.1, 0.15) is 38.3 Å². The Morgan fingerprint density at radius 2 is 2.00 bits per heavy atom. The molecule has 1 N–H and O–H groups in total. The van der Waals surface area contributed by atoms with Crippen molar-refractivity contribution in [1.82, 2.24) is 5.32 Å². The van der Waals surface area contributed by atoms with Crippen molar-refractivity contribution >= 4 is 5.69 Å². The molecule has 0 bridgehead atoms. The standard InChI is InChI=1S/C16H24N2/c1-4-16(17-3)14-7-9-15(10-8-14)18-11-5-6-13(2)12-18/h6-10,16-17H,4-5,11-12H2,1-3H3. The summed E-state index contributed by atoms with van der Waals surface area (Å²) < 4.78 is 0. The second-order valence-electron chi connectivity index (χ2n) is 5.10. The average molecular weight is 244 g/mol. The maximum atomic E-state index is 3.35.